The summed E-state index contributed by atoms with van der Waals surface area (Å²) < 4.78 is 37.7. The van der Waals surface area contributed by atoms with E-state index in [0.29, 0.717) is 32.4 Å². The van der Waals surface area contributed by atoms with E-state index in [1.807, 2.05) is 6.92 Å². The quantitative estimate of drug-likeness (QED) is 0.839. The summed E-state index contributed by atoms with van der Waals surface area (Å²) in [7, 11) is 0. The van der Waals surface area contributed by atoms with E-state index in [2.05, 4.69) is 5.32 Å². The van der Waals surface area contributed by atoms with Gasteiger partial charge in [-0.2, -0.15) is 13.2 Å². The molecule has 1 rings (SSSR count). The molecular weight excluding hydrogens is 257 g/mol. The van der Waals surface area contributed by atoms with Gasteiger partial charge in [-0.15, -0.1) is 0 Å². The number of rotatable bonds is 5. The number of hydrogen-bond acceptors (Lipinski definition) is 2. The Labute approximate surface area is 112 Å². The van der Waals surface area contributed by atoms with E-state index in [1.54, 1.807) is 6.92 Å². The van der Waals surface area contributed by atoms with Crippen molar-refractivity contribution < 1.29 is 18.0 Å². The van der Waals surface area contributed by atoms with Gasteiger partial charge in [0.15, 0.2) is 0 Å². The minimum absolute atomic E-state index is 0.192. The first kappa shape index (κ1) is 16.3. The zero-order valence-electron chi connectivity index (χ0n) is 11.6. The van der Waals surface area contributed by atoms with Crippen molar-refractivity contribution in [1.29, 1.82) is 0 Å². The van der Waals surface area contributed by atoms with E-state index in [-0.39, 0.29) is 12.5 Å². The van der Waals surface area contributed by atoms with Crippen LogP contribution in [0, 0.1) is 5.41 Å². The summed E-state index contributed by atoms with van der Waals surface area (Å²) in [5.41, 5.74) is -0.649. The van der Waals surface area contributed by atoms with Crippen LogP contribution in [0.2, 0.25) is 0 Å². The minimum Gasteiger partial charge on any atom is -0.333 e. The number of piperidine rings is 1. The molecule has 0 atom stereocenters. The summed E-state index contributed by atoms with van der Waals surface area (Å²) in [4.78, 5) is 13.4. The highest BCUT2D eigenvalue weighted by atomic mass is 19.4. The molecule has 19 heavy (non-hydrogen) atoms. The smallest absolute Gasteiger partial charge is 0.333 e. The van der Waals surface area contributed by atoms with Gasteiger partial charge in [0.2, 0.25) is 5.91 Å². The second-order valence-electron chi connectivity index (χ2n) is 5.51. The van der Waals surface area contributed by atoms with Gasteiger partial charge in [-0.05, 0) is 32.4 Å². The average Bonchev–Trinajstić information content (AvgIpc) is 2.33. The number of alkyl halides is 3. The van der Waals surface area contributed by atoms with E-state index in [9.17, 15) is 18.0 Å². The Kier molecular flexibility index (Phi) is 5.64. The lowest BCUT2D eigenvalue weighted by atomic mass is 9.79. The predicted octanol–water partition coefficient (Wildman–Crippen LogP) is 2.57. The lowest BCUT2D eigenvalue weighted by Gasteiger charge is -2.37. The summed E-state index contributed by atoms with van der Waals surface area (Å²) in [6.07, 6.45) is -1.73. The lowest BCUT2D eigenvalue weighted by Crippen LogP contribution is -2.50. The van der Waals surface area contributed by atoms with E-state index in [4.69, 9.17) is 0 Å². The van der Waals surface area contributed by atoms with Crippen molar-refractivity contribution in [3.8, 4) is 0 Å². The summed E-state index contributed by atoms with van der Waals surface area (Å²) in [6, 6.07) is 0. The topological polar surface area (TPSA) is 32.3 Å². The minimum atomic E-state index is -4.33. The first-order valence-electron chi connectivity index (χ1n) is 6.85. The van der Waals surface area contributed by atoms with Gasteiger partial charge >= 0.3 is 6.18 Å². The number of amides is 1. The molecule has 1 amide bonds. The number of nitrogens with zero attached hydrogens (tertiary/aromatic N) is 1. The van der Waals surface area contributed by atoms with Crippen molar-refractivity contribution in [2.45, 2.75) is 45.7 Å². The van der Waals surface area contributed by atoms with Crippen molar-refractivity contribution in [3.63, 3.8) is 0 Å². The molecule has 1 saturated heterocycles. The molecule has 1 heterocycles. The molecule has 0 aromatic rings. The van der Waals surface area contributed by atoms with E-state index < -0.39 is 18.1 Å². The van der Waals surface area contributed by atoms with Crippen molar-refractivity contribution in [2.75, 3.05) is 26.2 Å². The summed E-state index contributed by atoms with van der Waals surface area (Å²) in [5.74, 6) is -0.347. The fraction of sp³-hybridized carbons (Fsp3) is 0.923. The van der Waals surface area contributed by atoms with Gasteiger partial charge in [0.05, 0.1) is 0 Å². The van der Waals surface area contributed by atoms with Gasteiger partial charge in [0.25, 0.3) is 0 Å². The molecule has 0 spiro atoms. The first-order valence-corrected chi connectivity index (χ1v) is 6.85. The van der Waals surface area contributed by atoms with Crippen LogP contribution in [0.4, 0.5) is 13.2 Å². The third-order valence-corrected chi connectivity index (χ3v) is 3.66. The van der Waals surface area contributed by atoms with E-state index >= 15 is 0 Å². The average molecular weight is 280 g/mol. The van der Waals surface area contributed by atoms with Gasteiger partial charge in [-0.1, -0.05) is 20.3 Å². The normalized spacial score (nSPS) is 19.2. The SMILES string of the molecule is CCCCN(CC(F)(F)F)C(=O)C1(C)CCNCC1. The fourth-order valence-corrected chi connectivity index (χ4v) is 2.39. The highest BCUT2D eigenvalue weighted by molar-refractivity contribution is 5.82. The van der Waals surface area contributed by atoms with Crippen LogP contribution in [-0.4, -0.2) is 43.2 Å². The van der Waals surface area contributed by atoms with E-state index in [0.717, 1.165) is 11.3 Å². The number of carbonyl (C=O) groups is 1. The zero-order chi connectivity index (χ0) is 14.5. The maximum Gasteiger partial charge on any atom is 0.406 e. The van der Waals surface area contributed by atoms with Crippen LogP contribution in [0.3, 0.4) is 0 Å². The second-order valence-corrected chi connectivity index (χ2v) is 5.51. The van der Waals surface area contributed by atoms with E-state index in [1.165, 1.54) is 0 Å². The number of carbonyl (C=O) groups excluding carboxylic acids is 1. The number of hydrogen-bond donors (Lipinski definition) is 1. The molecule has 1 N–H and O–H groups in total. The molecule has 0 aromatic carbocycles. The van der Waals surface area contributed by atoms with Crippen LogP contribution in [-0.2, 0) is 4.79 Å². The number of halogens is 3. The molecule has 1 aliphatic rings. The standard InChI is InChI=1S/C13H23F3N2O/c1-3-4-9-18(10-13(14,15)16)11(19)12(2)5-7-17-8-6-12/h17H,3-10H2,1-2H3. The van der Waals surface area contributed by atoms with Crippen LogP contribution in [0.25, 0.3) is 0 Å². The van der Waals surface area contributed by atoms with Crippen molar-refractivity contribution in [2.24, 2.45) is 5.41 Å². The third kappa shape index (κ3) is 5.01. The lowest BCUT2D eigenvalue weighted by molar-refractivity contribution is -0.168. The Morgan fingerprint density at radius 1 is 1.32 bits per heavy atom. The molecule has 0 saturated carbocycles. The Morgan fingerprint density at radius 3 is 2.37 bits per heavy atom. The second kappa shape index (κ2) is 6.59. The molecule has 0 unspecified atom stereocenters. The molecule has 112 valence electrons. The van der Waals surface area contributed by atoms with Crippen molar-refractivity contribution in [1.82, 2.24) is 10.2 Å². The molecular formula is C13H23F3N2O. The molecule has 1 fully saturated rings. The predicted molar refractivity (Wildman–Crippen MR) is 67.8 cm³/mol. The summed E-state index contributed by atoms with van der Waals surface area (Å²) in [6.45, 7) is 4.13. The summed E-state index contributed by atoms with van der Waals surface area (Å²) >= 11 is 0. The largest absolute Gasteiger partial charge is 0.406 e. The molecule has 1 aliphatic heterocycles. The molecule has 0 bridgehead atoms. The van der Waals surface area contributed by atoms with Crippen LogP contribution < -0.4 is 5.32 Å². The molecule has 0 aliphatic carbocycles. The monoisotopic (exact) mass is 280 g/mol. The zero-order valence-corrected chi connectivity index (χ0v) is 11.6. The van der Waals surface area contributed by atoms with Crippen molar-refractivity contribution in [3.05, 3.63) is 0 Å². The van der Waals surface area contributed by atoms with Crippen molar-refractivity contribution >= 4 is 5.91 Å². The Hall–Kier alpha value is -0.780. The maximum absolute atomic E-state index is 12.6. The van der Waals surface area contributed by atoms with Gasteiger partial charge in [-0.25, -0.2) is 0 Å². The summed E-state index contributed by atoms with van der Waals surface area (Å²) in [5, 5.41) is 3.13. The molecule has 3 nitrogen and oxygen atoms in total. The first-order chi connectivity index (χ1) is 8.78. The van der Waals surface area contributed by atoms with Crippen LogP contribution >= 0.6 is 0 Å². The molecule has 0 aromatic heterocycles. The third-order valence-electron chi connectivity index (χ3n) is 3.66. The highest BCUT2D eigenvalue weighted by Crippen LogP contribution is 2.31. The Morgan fingerprint density at radius 2 is 1.89 bits per heavy atom. The number of nitrogens with one attached hydrogen (secondary N) is 1. The Bertz CT molecular complexity index is 299. The van der Waals surface area contributed by atoms with Gasteiger partial charge in [0, 0.05) is 12.0 Å². The Balaban J connectivity index is 2.74. The van der Waals surface area contributed by atoms with Crippen LogP contribution in [0.1, 0.15) is 39.5 Å². The maximum atomic E-state index is 12.6. The molecule has 6 heteroatoms. The van der Waals surface area contributed by atoms with Gasteiger partial charge < -0.3 is 10.2 Å². The van der Waals surface area contributed by atoms with Crippen LogP contribution in [0.15, 0.2) is 0 Å². The highest BCUT2D eigenvalue weighted by Gasteiger charge is 2.41. The fourth-order valence-electron chi connectivity index (χ4n) is 2.39. The molecule has 0 radical (unpaired) electrons. The van der Waals surface area contributed by atoms with Crippen LogP contribution in [0.5, 0.6) is 0 Å². The van der Waals surface area contributed by atoms with Gasteiger partial charge in [-0.3, -0.25) is 4.79 Å². The van der Waals surface area contributed by atoms with Gasteiger partial charge in [0.1, 0.15) is 6.54 Å². The number of unbranched alkanes of at least 4 members (excludes halogenated alkanes) is 1.